The molecule has 0 spiro atoms. The fourth-order valence-electron chi connectivity index (χ4n) is 11.1. The van der Waals surface area contributed by atoms with Crippen LogP contribution in [0.25, 0.3) is 60.8 Å². The molecule has 7 aromatic rings. The zero-order valence-corrected chi connectivity index (χ0v) is 64.2. The number of ether oxygens (including phenoxy) is 1. The van der Waals surface area contributed by atoms with Crippen molar-refractivity contribution >= 4 is 156 Å². The van der Waals surface area contributed by atoms with Gasteiger partial charge in [-0.1, -0.05) is 18.2 Å². The van der Waals surface area contributed by atoms with E-state index in [-0.39, 0.29) is 236 Å². The predicted octanol–water partition coefficient (Wildman–Crippen LogP) is -5.77. The van der Waals surface area contributed by atoms with Crippen molar-refractivity contribution in [3.05, 3.63) is 96.7 Å². The zero-order chi connectivity index (χ0) is 65.1. The first kappa shape index (κ1) is 77.8. The number of imide groups is 2. The zero-order valence-electron chi connectivity index (χ0n) is 51.6. The number of hydrogen-bond donors (Lipinski definition) is 0. The quantitative estimate of drug-likeness (QED) is 0.00485. The van der Waals surface area contributed by atoms with E-state index in [0.717, 1.165) is 22.9 Å². The van der Waals surface area contributed by atoms with Gasteiger partial charge in [0.25, 0.3) is 35.7 Å². The molecule has 10 rings (SSSR count). The van der Waals surface area contributed by atoms with Crippen molar-refractivity contribution in [1.29, 1.82) is 0 Å². The Hall–Kier alpha value is -3.54. The number of aromatic nitrogens is 3. The summed E-state index contributed by atoms with van der Waals surface area (Å²) in [5.41, 5.74) is 5.04. The molecule has 0 bridgehead atoms. The molecule has 0 saturated carbocycles. The molecule has 4 amide bonds. The summed E-state index contributed by atoms with van der Waals surface area (Å²) in [7, 11) is -10.0. The topological polar surface area (TPSA) is 386 Å². The van der Waals surface area contributed by atoms with Crippen LogP contribution in [-0.4, -0.2) is 149 Å². The Labute approximate surface area is 669 Å². The van der Waals surface area contributed by atoms with E-state index >= 15 is 0 Å². The van der Waals surface area contributed by atoms with Gasteiger partial charge in [0.1, 0.15) is 6.54 Å². The largest absolute Gasteiger partial charge is 1.00 e. The number of oxazole rings is 1. The number of fused-ring (bicyclic) bond motifs is 8. The Morgan fingerprint density at radius 2 is 1.10 bits per heavy atom. The van der Waals surface area contributed by atoms with Crippen LogP contribution in [0.4, 0.5) is 17.1 Å². The fraction of sp³-hybridized carbons (Fsp3) is 0.351. The van der Waals surface area contributed by atoms with Gasteiger partial charge >= 0.3 is 172 Å². The maximum atomic E-state index is 13.7. The molecule has 3 aromatic heterocycles. The van der Waals surface area contributed by atoms with Crippen LogP contribution < -0.4 is 183 Å². The molecule has 0 unspecified atom stereocenters. The van der Waals surface area contributed by atoms with Crippen LogP contribution in [-0.2, 0) is 98.8 Å². The van der Waals surface area contributed by atoms with Crippen LogP contribution in [0, 0.1) is 0 Å². The van der Waals surface area contributed by atoms with Gasteiger partial charge in [-0.3, -0.25) is 29.1 Å². The molecule has 2 fully saturated rings. The van der Waals surface area contributed by atoms with Gasteiger partial charge in [0.15, 0.2) is 5.75 Å². The second kappa shape index (κ2) is 33.5. The van der Waals surface area contributed by atoms with E-state index < -0.39 is 96.3 Å². The molecule has 0 aliphatic carbocycles. The summed E-state index contributed by atoms with van der Waals surface area (Å²) in [5.74, 6) is -5.90. The van der Waals surface area contributed by atoms with Crippen LogP contribution in [0.1, 0.15) is 57.3 Å². The Balaban J connectivity index is 0.00000417. The van der Waals surface area contributed by atoms with Gasteiger partial charge in [0, 0.05) is 163 Å². The number of hydrogen-bond acceptors (Lipinski definition) is 26. The van der Waals surface area contributed by atoms with E-state index in [1.165, 1.54) is 21.6 Å². The number of benzene rings is 4. The first-order valence-corrected chi connectivity index (χ1v) is 33.9. The van der Waals surface area contributed by atoms with Crippen LogP contribution in [0.2, 0.25) is 0 Å². The summed E-state index contributed by atoms with van der Waals surface area (Å²) in [6.45, 7) is -0.528. The van der Waals surface area contributed by atoms with Gasteiger partial charge in [-0.2, -0.15) is 4.33 Å². The fourth-order valence-corrected chi connectivity index (χ4v) is 12.9. The van der Waals surface area contributed by atoms with Crippen molar-refractivity contribution in [3.8, 4) is 5.75 Å². The van der Waals surface area contributed by atoms with Gasteiger partial charge in [-0.15, -0.1) is 14.7 Å². The van der Waals surface area contributed by atoms with E-state index in [0.29, 0.717) is 89.9 Å². The maximum absolute atomic E-state index is 13.7. The Kier molecular flexibility index (Phi) is 27.8. The van der Waals surface area contributed by atoms with E-state index in [2.05, 4.69) is 9.37 Å². The molecule has 3 aliphatic heterocycles. The molecule has 4 aromatic carbocycles. The van der Waals surface area contributed by atoms with Crippen molar-refractivity contribution in [2.24, 2.45) is 14.1 Å². The molecular weight excluding hydrogens is 1390 g/mol. The maximum Gasteiger partial charge on any atom is 1.00 e. The smallest absolute Gasteiger partial charge is 0.748 e. The summed E-state index contributed by atoms with van der Waals surface area (Å²) >= 11 is 0.794. The summed E-state index contributed by atoms with van der Waals surface area (Å²) < 4.78 is 126. The van der Waals surface area contributed by atoms with E-state index in [4.69, 9.17) is 18.8 Å². The number of hydroxylamine groups is 4. The normalized spacial score (nSPS) is 15.0. The van der Waals surface area contributed by atoms with Crippen molar-refractivity contribution in [1.82, 2.24) is 19.3 Å². The van der Waals surface area contributed by atoms with Crippen LogP contribution >= 0.6 is 12.0 Å². The molecule has 30 nitrogen and oxygen atoms in total. The first-order chi connectivity index (χ1) is 43.2. The summed E-state index contributed by atoms with van der Waals surface area (Å²) in [6.07, 6.45) is 7.44. The third kappa shape index (κ3) is 19.1. The number of allylic oxidation sites excluding steroid dienone is 4. The van der Waals surface area contributed by atoms with Gasteiger partial charge in [0.2, 0.25) is 11.5 Å². The van der Waals surface area contributed by atoms with E-state index in [9.17, 15) is 72.9 Å². The summed E-state index contributed by atoms with van der Waals surface area (Å²) in [4.78, 5) is 93.0. The minimum absolute atomic E-state index is 0. The number of rotatable bonds is 29. The summed E-state index contributed by atoms with van der Waals surface area (Å²) in [6, 6.07) is 17.9. The van der Waals surface area contributed by atoms with Crippen molar-refractivity contribution < 1.29 is 260 Å². The molecule has 37 heteroatoms. The number of aryl methyl sites for hydroxylation is 2. The van der Waals surface area contributed by atoms with Gasteiger partial charge in [-0.25, -0.2) is 34.8 Å². The SMILES string of the molecule is Cn1c2ccc(N(CCCSOO[O-])CCCS(=O)(=O)[O-])cc2c2cc3c(cc21)O\C(=C/C=C/C=C/c1oc2cc4c(cc2[n+]1CC(=O)ON1C(=O)CCC1=O)c1cc(N(CCCS(=O)(=O)[O-])CCCS(=O)(=O)[O-])ccc1n4C)N3CC(=O)ON1C(=O)CCC1=O.[K+].[K+].[K+]. The van der Waals surface area contributed by atoms with Crippen molar-refractivity contribution in [2.75, 3.05) is 70.4 Å². The molecular formula is C57H57K3N8O22S4. The number of amides is 4. The minimum Gasteiger partial charge on any atom is -0.748 e. The Morgan fingerprint density at radius 3 is 1.61 bits per heavy atom. The second-order valence-corrected chi connectivity index (χ2v) is 26.7. The van der Waals surface area contributed by atoms with Crippen LogP contribution in [0.15, 0.2) is 95.3 Å². The van der Waals surface area contributed by atoms with Gasteiger partial charge < -0.3 is 56.7 Å². The number of nitrogens with zero attached hydrogens (tertiary/aromatic N) is 8. The predicted molar refractivity (Wildman–Crippen MR) is 321 cm³/mol. The number of carbonyl (C=O) groups excluding carboxylic acids is 6. The first-order valence-electron chi connectivity index (χ1n) is 28.2. The molecule has 2 saturated heterocycles. The second-order valence-electron chi connectivity index (χ2n) is 21.4. The van der Waals surface area contributed by atoms with E-state index in [1.807, 2.05) is 39.3 Å². The molecule has 94 heavy (non-hydrogen) atoms. The molecule has 484 valence electrons. The molecule has 0 radical (unpaired) electrons. The molecule has 3 aliphatic rings. The molecule has 0 N–H and O–H groups in total. The van der Waals surface area contributed by atoms with Crippen LogP contribution in [0.5, 0.6) is 5.75 Å². The summed E-state index contributed by atoms with van der Waals surface area (Å²) in [5, 5.41) is 17.3. The molecule has 0 atom stereocenters. The third-order valence-electron chi connectivity index (χ3n) is 15.3. The average molecular weight is 1450 g/mol. The molecule has 6 heterocycles. The Morgan fingerprint density at radius 1 is 0.617 bits per heavy atom. The van der Waals surface area contributed by atoms with Gasteiger partial charge in [0.05, 0.1) is 53.2 Å². The minimum atomic E-state index is -4.58. The van der Waals surface area contributed by atoms with Crippen LogP contribution in [0.3, 0.4) is 0 Å². The van der Waals surface area contributed by atoms with Crippen molar-refractivity contribution in [2.45, 2.75) is 57.9 Å². The third-order valence-corrected chi connectivity index (χ3v) is 18.3. The van der Waals surface area contributed by atoms with Gasteiger partial charge in [-0.05, 0) is 74.2 Å². The number of carbonyl (C=O) groups is 6. The standard InChI is InChI=1S/C57H60N8O22S4.3K/c1-58-42-14-12-36(60(20-6-24-88-87-86-72)21-7-25-89(73,74)75)28-38(42)40-30-46-48(32-44(40)58)82-54(62(46)34-56(70)84-64-50(66)16-17-51(64)67)10-4-3-5-11-55-63(35-57(71)85-65-52(68)18-19-53(65)69)47-31-41-39-29-37(13-15-43(39)59(2)45(41)33-49(47)83-55)61(22-8-26-90(76,77)78)23-9-27-91(79,80)81;;;/h3-5,10-15,28-33H,6-9,16-27,34-35H2,1-2H3,(H3-,72,73,74,75,76,77,78,79,80,81);;;/q;3*+1/p-3. The Bertz CT molecular complexity index is 4490. The monoisotopic (exact) mass is 1450 g/mol. The van der Waals surface area contributed by atoms with Crippen molar-refractivity contribution in [3.63, 3.8) is 0 Å². The number of anilines is 3. The van der Waals surface area contributed by atoms with E-state index in [1.54, 1.807) is 72.6 Å². The average Bonchev–Trinajstić information content (AvgIpc) is 1.59.